The molecule has 4 aromatic rings. The van der Waals surface area contributed by atoms with Crippen LogP contribution >= 0.6 is 0 Å². The molecular formula is C22H21N5O. The molecule has 0 unspecified atom stereocenters. The van der Waals surface area contributed by atoms with E-state index in [2.05, 4.69) is 21.2 Å². The molecule has 0 saturated heterocycles. The Morgan fingerprint density at radius 3 is 2.79 bits per heavy atom. The number of amides is 1. The average Bonchev–Trinajstić information content (AvgIpc) is 3.47. The summed E-state index contributed by atoms with van der Waals surface area (Å²) in [4.78, 5) is 17.0. The molecular weight excluding hydrogens is 350 g/mol. The van der Waals surface area contributed by atoms with E-state index in [0.717, 1.165) is 16.9 Å². The Balaban J connectivity index is 1.53. The van der Waals surface area contributed by atoms with Gasteiger partial charge in [-0.3, -0.25) is 14.5 Å². The fourth-order valence-electron chi connectivity index (χ4n) is 4.01. The van der Waals surface area contributed by atoms with E-state index < -0.39 is 0 Å². The van der Waals surface area contributed by atoms with Crippen LogP contribution in [0.3, 0.4) is 0 Å². The van der Waals surface area contributed by atoms with Gasteiger partial charge in [0.2, 0.25) is 0 Å². The van der Waals surface area contributed by atoms with Gasteiger partial charge in [0.1, 0.15) is 5.69 Å². The lowest BCUT2D eigenvalue weighted by Gasteiger charge is -2.08. The molecule has 6 nitrogen and oxygen atoms in total. The second-order valence-electron chi connectivity index (χ2n) is 7.21. The van der Waals surface area contributed by atoms with E-state index in [-0.39, 0.29) is 5.91 Å². The van der Waals surface area contributed by atoms with Crippen molar-refractivity contribution in [1.82, 2.24) is 19.2 Å². The Morgan fingerprint density at radius 2 is 1.96 bits per heavy atom. The zero-order valence-corrected chi connectivity index (χ0v) is 15.5. The second-order valence-corrected chi connectivity index (χ2v) is 7.21. The van der Waals surface area contributed by atoms with Crippen molar-refractivity contribution in [2.24, 2.45) is 0 Å². The number of pyridine rings is 2. The molecule has 0 radical (unpaired) electrons. The van der Waals surface area contributed by atoms with E-state index in [1.165, 1.54) is 25.7 Å². The molecule has 1 amide bonds. The van der Waals surface area contributed by atoms with Crippen LogP contribution in [0.25, 0.3) is 16.9 Å². The molecule has 0 bridgehead atoms. The molecule has 1 fully saturated rings. The molecule has 0 spiro atoms. The Kier molecular flexibility index (Phi) is 4.16. The number of nitrogens with zero attached hydrogens (tertiary/aromatic N) is 4. The van der Waals surface area contributed by atoms with Crippen LogP contribution in [0.5, 0.6) is 0 Å². The van der Waals surface area contributed by atoms with Gasteiger partial charge >= 0.3 is 0 Å². The fourth-order valence-corrected chi connectivity index (χ4v) is 4.01. The number of carbonyl (C=O) groups is 1. The number of rotatable bonds is 4. The average molecular weight is 371 g/mol. The summed E-state index contributed by atoms with van der Waals surface area (Å²) >= 11 is 0. The largest absolute Gasteiger partial charge is 0.321 e. The summed E-state index contributed by atoms with van der Waals surface area (Å²) in [6.07, 6.45) is 12.3. The number of hydrogen-bond acceptors (Lipinski definition) is 3. The smallest absolute Gasteiger partial charge is 0.257 e. The van der Waals surface area contributed by atoms with Crippen molar-refractivity contribution in [2.45, 2.75) is 31.7 Å². The summed E-state index contributed by atoms with van der Waals surface area (Å²) < 4.78 is 4.11. The lowest BCUT2D eigenvalue weighted by atomic mass is 10.2. The van der Waals surface area contributed by atoms with Gasteiger partial charge in [0.05, 0.1) is 34.7 Å². The summed E-state index contributed by atoms with van der Waals surface area (Å²) in [5.41, 5.74) is 3.95. The number of aromatic nitrogens is 4. The Bertz CT molecular complexity index is 1120. The van der Waals surface area contributed by atoms with E-state index in [1.807, 2.05) is 47.0 Å². The van der Waals surface area contributed by atoms with E-state index in [9.17, 15) is 4.79 Å². The maximum absolute atomic E-state index is 12.9. The van der Waals surface area contributed by atoms with Crippen LogP contribution in [0.2, 0.25) is 0 Å². The first kappa shape index (κ1) is 16.7. The fraction of sp³-hybridized carbons (Fsp3) is 0.227. The molecule has 1 saturated carbocycles. The quantitative estimate of drug-likeness (QED) is 0.572. The van der Waals surface area contributed by atoms with Crippen molar-refractivity contribution in [1.29, 1.82) is 0 Å². The first-order valence-electron chi connectivity index (χ1n) is 9.66. The number of fused-ring (bicyclic) bond motifs is 1. The van der Waals surface area contributed by atoms with Crippen molar-refractivity contribution >= 4 is 17.1 Å². The molecule has 1 aliphatic carbocycles. The van der Waals surface area contributed by atoms with Crippen LogP contribution in [-0.2, 0) is 0 Å². The first-order chi connectivity index (χ1) is 13.8. The standard InChI is InChI=1S/C22H21N5O/c28-22(24-16-6-5-11-23-15-16)18-14-21(26-12-4-3-9-20(18)26)19-10-13-27(25-19)17-7-1-2-8-17/h3-6,9-15,17H,1-2,7-8H2,(H,24,28). The third kappa shape index (κ3) is 2.97. The topological polar surface area (TPSA) is 64.2 Å². The molecule has 140 valence electrons. The van der Waals surface area contributed by atoms with Gasteiger partial charge in [-0.25, -0.2) is 0 Å². The minimum atomic E-state index is -0.154. The lowest BCUT2D eigenvalue weighted by molar-refractivity contribution is 0.102. The highest BCUT2D eigenvalue weighted by molar-refractivity contribution is 6.10. The third-order valence-electron chi connectivity index (χ3n) is 5.41. The van der Waals surface area contributed by atoms with Gasteiger partial charge in [-0.05, 0) is 49.2 Å². The summed E-state index contributed by atoms with van der Waals surface area (Å²) in [6.45, 7) is 0. The molecule has 4 aromatic heterocycles. The Labute approximate surface area is 162 Å². The number of carbonyl (C=O) groups excluding carboxylic acids is 1. The van der Waals surface area contributed by atoms with Crippen LogP contribution < -0.4 is 5.32 Å². The predicted octanol–water partition coefficient (Wildman–Crippen LogP) is 4.57. The summed E-state index contributed by atoms with van der Waals surface area (Å²) in [5.74, 6) is -0.154. The van der Waals surface area contributed by atoms with Crippen molar-refractivity contribution < 1.29 is 4.79 Å². The van der Waals surface area contributed by atoms with Gasteiger partial charge in [0.25, 0.3) is 5.91 Å². The van der Waals surface area contributed by atoms with Gasteiger partial charge in [-0.1, -0.05) is 18.9 Å². The van der Waals surface area contributed by atoms with Gasteiger partial charge in [-0.15, -0.1) is 0 Å². The molecule has 6 heteroatoms. The van der Waals surface area contributed by atoms with Crippen LogP contribution in [0.1, 0.15) is 42.1 Å². The molecule has 5 rings (SSSR count). The molecule has 0 aromatic carbocycles. The molecule has 1 N–H and O–H groups in total. The van der Waals surface area contributed by atoms with Gasteiger partial charge < -0.3 is 9.72 Å². The number of anilines is 1. The SMILES string of the molecule is O=C(Nc1cccnc1)c1cc(-c2ccn(C3CCCC3)n2)n2ccccc12. The monoisotopic (exact) mass is 371 g/mol. The molecule has 0 aliphatic heterocycles. The number of nitrogens with one attached hydrogen (secondary N) is 1. The van der Waals surface area contributed by atoms with Crippen molar-refractivity contribution in [3.63, 3.8) is 0 Å². The Morgan fingerprint density at radius 1 is 1.07 bits per heavy atom. The van der Waals surface area contributed by atoms with Gasteiger partial charge in [0.15, 0.2) is 0 Å². The normalized spacial score (nSPS) is 14.6. The van der Waals surface area contributed by atoms with Crippen LogP contribution in [0.4, 0.5) is 5.69 Å². The molecule has 4 heterocycles. The van der Waals surface area contributed by atoms with Crippen molar-refractivity contribution in [3.05, 3.63) is 72.8 Å². The first-order valence-corrected chi connectivity index (χ1v) is 9.66. The summed E-state index contributed by atoms with van der Waals surface area (Å²) in [6, 6.07) is 13.9. The molecule has 0 atom stereocenters. The Hall–Kier alpha value is -3.41. The molecule has 1 aliphatic rings. The van der Waals surface area contributed by atoms with Crippen molar-refractivity contribution in [2.75, 3.05) is 5.32 Å². The van der Waals surface area contributed by atoms with E-state index >= 15 is 0 Å². The summed E-state index contributed by atoms with van der Waals surface area (Å²) in [7, 11) is 0. The van der Waals surface area contributed by atoms with Crippen LogP contribution in [-0.4, -0.2) is 25.1 Å². The highest BCUT2D eigenvalue weighted by Crippen LogP contribution is 2.31. The summed E-state index contributed by atoms with van der Waals surface area (Å²) in [5, 5.41) is 7.75. The molecule has 28 heavy (non-hydrogen) atoms. The second kappa shape index (κ2) is 6.96. The van der Waals surface area contributed by atoms with E-state index in [1.54, 1.807) is 18.5 Å². The zero-order valence-electron chi connectivity index (χ0n) is 15.5. The van der Waals surface area contributed by atoms with Crippen molar-refractivity contribution in [3.8, 4) is 11.4 Å². The van der Waals surface area contributed by atoms with E-state index in [0.29, 0.717) is 17.3 Å². The van der Waals surface area contributed by atoms with E-state index in [4.69, 9.17) is 5.10 Å². The zero-order chi connectivity index (χ0) is 18.9. The maximum atomic E-state index is 12.9. The highest BCUT2D eigenvalue weighted by Gasteiger charge is 2.21. The van der Waals surface area contributed by atoms with Gasteiger partial charge in [0, 0.05) is 18.6 Å². The maximum Gasteiger partial charge on any atom is 0.257 e. The minimum Gasteiger partial charge on any atom is -0.321 e. The van der Waals surface area contributed by atoms with Crippen LogP contribution in [0.15, 0.2) is 67.3 Å². The lowest BCUT2D eigenvalue weighted by Crippen LogP contribution is -2.11. The minimum absolute atomic E-state index is 0.154. The third-order valence-corrected chi connectivity index (χ3v) is 5.41. The van der Waals surface area contributed by atoms with Crippen LogP contribution in [0, 0.1) is 0 Å². The number of hydrogen-bond donors (Lipinski definition) is 1. The highest BCUT2D eigenvalue weighted by atomic mass is 16.1. The predicted molar refractivity (Wildman–Crippen MR) is 108 cm³/mol. The van der Waals surface area contributed by atoms with Gasteiger partial charge in [-0.2, -0.15) is 5.10 Å².